The first-order valence-corrected chi connectivity index (χ1v) is 5.44. The Kier molecular flexibility index (Phi) is 3.77. The van der Waals surface area contributed by atoms with Crippen LogP contribution in [0.2, 0.25) is 0 Å². The Labute approximate surface area is 102 Å². The topological polar surface area (TPSA) is 31.0 Å². The first kappa shape index (κ1) is 13.2. The largest absolute Gasteiger partial charge is 0.497 e. The molecule has 0 unspecified atom stereocenters. The first-order valence-electron chi connectivity index (χ1n) is 5.44. The summed E-state index contributed by atoms with van der Waals surface area (Å²) in [6, 6.07) is 5.66. The standard InChI is InChI=1S/C12H13F3O3/c1-16-9-4-2-8(3-5-9)11(12(13,14)15)18-7-10-6-17-10/h2-5,10-11H,6-7H2,1H3/t10-,11-/m1/s1. The van der Waals surface area contributed by atoms with Gasteiger partial charge in [0.15, 0.2) is 6.10 Å². The second kappa shape index (κ2) is 5.16. The molecule has 6 heteroatoms. The van der Waals surface area contributed by atoms with Gasteiger partial charge >= 0.3 is 6.18 Å². The van der Waals surface area contributed by atoms with E-state index in [0.29, 0.717) is 12.4 Å². The molecular weight excluding hydrogens is 249 g/mol. The van der Waals surface area contributed by atoms with Crippen LogP contribution in [0.4, 0.5) is 13.2 Å². The van der Waals surface area contributed by atoms with Crippen molar-refractivity contribution < 1.29 is 27.4 Å². The van der Waals surface area contributed by atoms with Crippen LogP contribution in [-0.2, 0) is 9.47 Å². The first-order chi connectivity index (χ1) is 8.50. The van der Waals surface area contributed by atoms with Gasteiger partial charge in [-0.05, 0) is 17.7 Å². The van der Waals surface area contributed by atoms with Crippen molar-refractivity contribution in [2.75, 3.05) is 20.3 Å². The monoisotopic (exact) mass is 262 g/mol. The highest BCUT2D eigenvalue weighted by atomic mass is 19.4. The van der Waals surface area contributed by atoms with E-state index in [1.807, 2.05) is 0 Å². The van der Waals surface area contributed by atoms with Gasteiger partial charge in [-0.3, -0.25) is 0 Å². The number of methoxy groups -OCH3 is 1. The van der Waals surface area contributed by atoms with Gasteiger partial charge in [0.25, 0.3) is 0 Å². The van der Waals surface area contributed by atoms with E-state index in [1.54, 1.807) is 0 Å². The van der Waals surface area contributed by atoms with Crippen LogP contribution in [0.5, 0.6) is 5.75 Å². The van der Waals surface area contributed by atoms with E-state index in [0.717, 1.165) is 0 Å². The molecule has 1 aromatic carbocycles. The lowest BCUT2D eigenvalue weighted by Gasteiger charge is -2.21. The number of benzene rings is 1. The molecule has 1 heterocycles. The van der Waals surface area contributed by atoms with Crippen molar-refractivity contribution in [3.8, 4) is 5.75 Å². The predicted octanol–water partition coefficient (Wildman–Crippen LogP) is 2.71. The molecule has 1 aromatic rings. The number of epoxide rings is 1. The van der Waals surface area contributed by atoms with E-state index in [-0.39, 0.29) is 18.3 Å². The van der Waals surface area contributed by atoms with Gasteiger partial charge in [0.2, 0.25) is 0 Å². The van der Waals surface area contributed by atoms with Gasteiger partial charge in [-0.25, -0.2) is 0 Å². The zero-order valence-electron chi connectivity index (χ0n) is 9.74. The normalized spacial score (nSPS) is 20.6. The van der Waals surface area contributed by atoms with Crippen LogP contribution < -0.4 is 4.74 Å². The van der Waals surface area contributed by atoms with E-state index in [9.17, 15) is 13.2 Å². The van der Waals surface area contributed by atoms with Crippen molar-refractivity contribution in [2.45, 2.75) is 18.4 Å². The number of alkyl halides is 3. The van der Waals surface area contributed by atoms with E-state index < -0.39 is 12.3 Å². The maximum Gasteiger partial charge on any atom is 0.418 e. The number of hydrogen-bond donors (Lipinski definition) is 0. The van der Waals surface area contributed by atoms with Gasteiger partial charge in [-0.15, -0.1) is 0 Å². The van der Waals surface area contributed by atoms with Crippen LogP contribution in [0, 0.1) is 0 Å². The number of rotatable bonds is 5. The molecule has 2 atom stereocenters. The number of halogens is 3. The smallest absolute Gasteiger partial charge is 0.418 e. The lowest BCUT2D eigenvalue weighted by atomic mass is 10.1. The summed E-state index contributed by atoms with van der Waals surface area (Å²) in [6.07, 6.45) is -6.57. The molecule has 1 aliphatic rings. The Morgan fingerprint density at radius 3 is 2.39 bits per heavy atom. The Bertz CT molecular complexity index is 385. The van der Waals surface area contributed by atoms with Crippen molar-refractivity contribution in [1.29, 1.82) is 0 Å². The van der Waals surface area contributed by atoms with Crippen molar-refractivity contribution >= 4 is 0 Å². The fraction of sp³-hybridized carbons (Fsp3) is 0.500. The van der Waals surface area contributed by atoms with E-state index in [2.05, 4.69) is 0 Å². The maximum atomic E-state index is 12.9. The predicted molar refractivity (Wildman–Crippen MR) is 57.5 cm³/mol. The van der Waals surface area contributed by atoms with E-state index >= 15 is 0 Å². The van der Waals surface area contributed by atoms with Gasteiger partial charge in [0.1, 0.15) is 11.9 Å². The van der Waals surface area contributed by atoms with Crippen LogP contribution in [0.3, 0.4) is 0 Å². The molecule has 1 saturated heterocycles. The van der Waals surface area contributed by atoms with Crippen LogP contribution >= 0.6 is 0 Å². The third-order valence-electron chi connectivity index (χ3n) is 2.57. The fourth-order valence-corrected chi connectivity index (χ4v) is 1.53. The Morgan fingerprint density at radius 2 is 1.94 bits per heavy atom. The molecule has 0 bridgehead atoms. The van der Waals surface area contributed by atoms with Gasteiger partial charge in [-0.2, -0.15) is 13.2 Å². The Morgan fingerprint density at radius 1 is 1.33 bits per heavy atom. The highest BCUT2D eigenvalue weighted by Gasteiger charge is 2.43. The van der Waals surface area contributed by atoms with Crippen LogP contribution in [0.25, 0.3) is 0 Å². The van der Waals surface area contributed by atoms with Crippen molar-refractivity contribution in [1.82, 2.24) is 0 Å². The van der Waals surface area contributed by atoms with Gasteiger partial charge in [0, 0.05) is 0 Å². The minimum atomic E-state index is -4.44. The summed E-state index contributed by atoms with van der Waals surface area (Å²) in [4.78, 5) is 0. The van der Waals surface area contributed by atoms with Gasteiger partial charge in [-0.1, -0.05) is 12.1 Å². The van der Waals surface area contributed by atoms with Crippen LogP contribution in [0.1, 0.15) is 11.7 Å². The third kappa shape index (κ3) is 3.36. The fourth-order valence-electron chi connectivity index (χ4n) is 1.53. The minimum absolute atomic E-state index is 0.0454. The second-order valence-electron chi connectivity index (χ2n) is 3.98. The van der Waals surface area contributed by atoms with Gasteiger partial charge in [0.05, 0.1) is 20.3 Å². The molecule has 2 rings (SSSR count). The lowest BCUT2D eigenvalue weighted by Crippen LogP contribution is -2.25. The highest BCUT2D eigenvalue weighted by Crippen LogP contribution is 2.36. The summed E-state index contributed by atoms with van der Waals surface area (Å²) < 4.78 is 53.2. The van der Waals surface area contributed by atoms with Crippen molar-refractivity contribution in [3.05, 3.63) is 29.8 Å². The quantitative estimate of drug-likeness (QED) is 0.764. The Balaban J connectivity index is 2.10. The molecule has 0 amide bonds. The molecule has 0 spiro atoms. The molecule has 3 nitrogen and oxygen atoms in total. The minimum Gasteiger partial charge on any atom is -0.497 e. The summed E-state index contributed by atoms with van der Waals surface area (Å²) in [5.74, 6) is 0.505. The molecule has 100 valence electrons. The van der Waals surface area contributed by atoms with Crippen molar-refractivity contribution in [3.63, 3.8) is 0 Å². The molecule has 0 aliphatic carbocycles. The molecule has 0 saturated carbocycles. The summed E-state index contributed by atoms with van der Waals surface area (Å²) in [5.41, 5.74) is 0.0592. The SMILES string of the molecule is COc1ccc([C@@H](OC[C@H]2CO2)C(F)(F)F)cc1. The Hall–Kier alpha value is -1.27. The van der Waals surface area contributed by atoms with Gasteiger partial charge < -0.3 is 14.2 Å². The van der Waals surface area contributed by atoms with E-state index in [4.69, 9.17) is 14.2 Å². The zero-order chi connectivity index (χ0) is 13.2. The molecular formula is C12H13F3O3. The molecule has 1 aliphatic heterocycles. The summed E-state index contributed by atoms with van der Waals surface area (Å²) in [7, 11) is 1.46. The van der Waals surface area contributed by atoms with Crippen LogP contribution in [0.15, 0.2) is 24.3 Å². The lowest BCUT2D eigenvalue weighted by molar-refractivity contribution is -0.224. The average Bonchev–Trinajstić information content (AvgIpc) is 3.12. The number of ether oxygens (including phenoxy) is 3. The molecule has 0 N–H and O–H groups in total. The van der Waals surface area contributed by atoms with Crippen molar-refractivity contribution in [2.24, 2.45) is 0 Å². The molecule has 18 heavy (non-hydrogen) atoms. The third-order valence-corrected chi connectivity index (χ3v) is 2.57. The summed E-state index contributed by atoms with van der Waals surface area (Å²) >= 11 is 0. The summed E-state index contributed by atoms with van der Waals surface area (Å²) in [5, 5.41) is 0. The van der Waals surface area contributed by atoms with Crippen LogP contribution in [-0.4, -0.2) is 32.6 Å². The average molecular weight is 262 g/mol. The molecule has 1 fully saturated rings. The summed E-state index contributed by atoms with van der Waals surface area (Å²) in [6.45, 7) is 0.420. The second-order valence-corrected chi connectivity index (χ2v) is 3.98. The zero-order valence-corrected chi connectivity index (χ0v) is 9.74. The highest BCUT2D eigenvalue weighted by molar-refractivity contribution is 5.29. The van der Waals surface area contributed by atoms with E-state index in [1.165, 1.54) is 31.4 Å². The maximum absolute atomic E-state index is 12.9. The number of hydrogen-bond acceptors (Lipinski definition) is 3. The molecule has 0 radical (unpaired) electrons. The molecule has 0 aromatic heterocycles.